The Kier molecular flexibility index (Phi) is 4.31. The van der Waals surface area contributed by atoms with Crippen molar-refractivity contribution in [2.24, 2.45) is 5.73 Å². The van der Waals surface area contributed by atoms with Crippen molar-refractivity contribution < 1.29 is 9.53 Å². The van der Waals surface area contributed by atoms with E-state index < -0.39 is 0 Å². The Balaban J connectivity index is 2.69. The van der Waals surface area contributed by atoms with Gasteiger partial charge in [0, 0.05) is 20.6 Å². The van der Waals surface area contributed by atoms with Crippen LogP contribution < -0.4 is 10.5 Å². The number of hydrogen-bond donors (Lipinski definition) is 1. The minimum Gasteiger partial charge on any atom is -0.483 e. The molecule has 0 spiro atoms. The molecule has 88 valence electrons. The number of nitrogens with zero attached hydrogens (tertiary/aromatic N) is 1. The van der Waals surface area contributed by atoms with Crippen molar-refractivity contribution in [1.82, 2.24) is 4.90 Å². The highest BCUT2D eigenvalue weighted by Gasteiger charge is 2.06. The Morgan fingerprint density at radius 1 is 1.44 bits per heavy atom. The molecule has 0 unspecified atom stereocenters. The van der Waals surface area contributed by atoms with E-state index in [0.717, 1.165) is 16.9 Å². The molecular formula is C12H18N2O2. The number of carbonyl (C=O) groups is 1. The predicted octanol–water partition coefficient (Wildman–Crippen LogP) is 0.921. The molecule has 0 heterocycles. The zero-order valence-corrected chi connectivity index (χ0v) is 9.99. The molecule has 4 heteroatoms. The third kappa shape index (κ3) is 3.24. The van der Waals surface area contributed by atoms with Crippen LogP contribution in [0.5, 0.6) is 5.75 Å². The number of aryl methyl sites for hydroxylation is 1. The fourth-order valence-electron chi connectivity index (χ4n) is 1.20. The molecule has 0 radical (unpaired) electrons. The van der Waals surface area contributed by atoms with E-state index in [1.807, 2.05) is 25.1 Å². The van der Waals surface area contributed by atoms with Crippen molar-refractivity contribution in [2.45, 2.75) is 13.5 Å². The summed E-state index contributed by atoms with van der Waals surface area (Å²) in [6.07, 6.45) is 0. The first-order valence-electron chi connectivity index (χ1n) is 5.17. The monoisotopic (exact) mass is 222 g/mol. The van der Waals surface area contributed by atoms with E-state index in [9.17, 15) is 4.79 Å². The minimum atomic E-state index is -0.0578. The molecule has 0 aliphatic carbocycles. The maximum atomic E-state index is 11.4. The lowest BCUT2D eigenvalue weighted by Crippen LogP contribution is -2.27. The molecule has 16 heavy (non-hydrogen) atoms. The molecule has 4 nitrogen and oxygen atoms in total. The van der Waals surface area contributed by atoms with Gasteiger partial charge in [-0.05, 0) is 24.1 Å². The molecule has 0 saturated heterocycles. The van der Waals surface area contributed by atoms with Crippen LogP contribution in [0, 0.1) is 6.92 Å². The number of amides is 1. The Labute approximate surface area is 96.0 Å². The molecular weight excluding hydrogens is 204 g/mol. The standard InChI is InChI=1S/C12H18N2O2/c1-9-4-5-10(7-13)6-11(9)16-8-12(15)14(2)3/h4-6H,7-8,13H2,1-3H3. The number of likely N-dealkylation sites (N-methyl/N-ethyl adjacent to an activating group) is 1. The van der Waals surface area contributed by atoms with Gasteiger partial charge in [-0.25, -0.2) is 0 Å². The van der Waals surface area contributed by atoms with Crippen molar-refractivity contribution in [3.63, 3.8) is 0 Å². The Bertz CT molecular complexity index is 375. The molecule has 2 N–H and O–H groups in total. The van der Waals surface area contributed by atoms with Crippen molar-refractivity contribution in [2.75, 3.05) is 20.7 Å². The highest BCUT2D eigenvalue weighted by atomic mass is 16.5. The predicted molar refractivity (Wildman–Crippen MR) is 63.3 cm³/mol. The van der Waals surface area contributed by atoms with Crippen molar-refractivity contribution in [3.05, 3.63) is 29.3 Å². The second kappa shape index (κ2) is 5.51. The summed E-state index contributed by atoms with van der Waals surface area (Å²) < 4.78 is 5.46. The van der Waals surface area contributed by atoms with E-state index in [1.165, 1.54) is 4.90 Å². The third-order valence-corrected chi connectivity index (χ3v) is 2.34. The average Bonchev–Trinajstić information content (AvgIpc) is 2.27. The second-order valence-electron chi connectivity index (χ2n) is 3.88. The largest absolute Gasteiger partial charge is 0.483 e. The number of hydrogen-bond acceptors (Lipinski definition) is 3. The van der Waals surface area contributed by atoms with Crippen LogP contribution in [0.15, 0.2) is 18.2 Å². The first-order valence-corrected chi connectivity index (χ1v) is 5.17. The fraction of sp³-hybridized carbons (Fsp3) is 0.417. The van der Waals surface area contributed by atoms with Crippen LogP contribution in [0.25, 0.3) is 0 Å². The van der Waals surface area contributed by atoms with Gasteiger partial charge in [-0.2, -0.15) is 0 Å². The van der Waals surface area contributed by atoms with E-state index >= 15 is 0 Å². The molecule has 0 fully saturated rings. The zero-order chi connectivity index (χ0) is 12.1. The van der Waals surface area contributed by atoms with Gasteiger partial charge in [0.1, 0.15) is 5.75 Å². The molecule has 0 bridgehead atoms. The maximum Gasteiger partial charge on any atom is 0.259 e. The van der Waals surface area contributed by atoms with Crippen LogP contribution in [0.2, 0.25) is 0 Å². The fourth-order valence-corrected chi connectivity index (χ4v) is 1.20. The Hall–Kier alpha value is -1.55. The molecule has 1 amide bonds. The van der Waals surface area contributed by atoms with Crippen molar-refractivity contribution in [1.29, 1.82) is 0 Å². The van der Waals surface area contributed by atoms with Gasteiger partial charge in [-0.3, -0.25) is 4.79 Å². The molecule has 0 saturated carbocycles. The van der Waals surface area contributed by atoms with Gasteiger partial charge in [-0.1, -0.05) is 12.1 Å². The molecule has 0 atom stereocenters. The lowest BCUT2D eigenvalue weighted by atomic mass is 10.1. The van der Waals surface area contributed by atoms with Crippen LogP contribution in [-0.2, 0) is 11.3 Å². The van der Waals surface area contributed by atoms with Crippen LogP contribution >= 0.6 is 0 Å². The number of benzene rings is 1. The van der Waals surface area contributed by atoms with E-state index in [4.69, 9.17) is 10.5 Å². The molecule has 0 aliphatic heterocycles. The average molecular weight is 222 g/mol. The van der Waals surface area contributed by atoms with Gasteiger partial charge in [0.25, 0.3) is 5.91 Å². The molecule has 1 aromatic carbocycles. The Morgan fingerprint density at radius 3 is 2.69 bits per heavy atom. The third-order valence-electron chi connectivity index (χ3n) is 2.34. The first-order chi connectivity index (χ1) is 7.54. The first kappa shape index (κ1) is 12.5. The Morgan fingerprint density at radius 2 is 2.12 bits per heavy atom. The van der Waals surface area contributed by atoms with Gasteiger partial charge >= 0.3 is 0 Å². The van der Waals surface area contributed by atoms with Crippen LogP contribution in [0.4, 0.5) is 0 Å². The van der Waals surface area contributed by atoms with E-state index in [1.54, 1.807) is 14.1 Å². The smallest absolute Gasteiger partial charge is 0.259 e. The van der Waals surface area contributed by atoms with Crippen LogP contribution in [-0.4, -0.2) is 31.5 Å². The number of rotatable bonds is 4. The molecule has 1 aromatic rings. The highest BCUT2D eigenvalue weighted by Crippen LogP contribution is 2.19. The summed E-state index contributed by atoms with van der Waals surface area (Å²) in [4.78, 5) is 12.9. The van der Waals surface area contributed by atoms with E-state index in [0.29, 0.717) is 6.54 Å². The van der Waals surface area contributed by atoms with Gasteiger partial charge in [-0.15, -0.1) is 0 Å². The quantitative estimate of drug-likeness (QED) is 0.824. The maximum absolute atomic E-state index is 11.4. The lowest BCUT2D eigenvalue weighted by Gasteiger charge is -2.13. The number of ether oxygens (including phenoxy) is 1. The van der Waals surface area contributed by atoms with Gasteiger partial charge in [0.05, 0.1) is 0 Å². The van der Waals surface area contributed by atoms with Gasteiger partial charge < -0.3 is 15.4 Å². The van der Waals surface area contributed by atoms with E-state index in [-0.39, 0.29) is 12.5 Å². The normalized spacial score (nSPS) is 10.0. The molecule has 0 aromatic heterocycles. The summed E-state index contributed by atoms with van der Waals surface area (Å²) in [5.74, 6) is 0.663. The summed E-state index contributed by atoms with van der Waals surface area (Å²) in [5.41, 5.74) is 7.54. The van der Waals surface area contributed by atoms with Crippen LogP contribution in [0.1, 0.15) is 11.1 Å². The summed E-state index contributed by atoms with van der Waals surface area (Å²) in [5, 5.41) is 0. The lowest BCUT2D eigenvalue weighted by molar-refractivity contribution is -0.130. The summed E-state index contributed by atoms with van der Waals surface area (Å²) in [6.45, 7) is 2.47. The SMILES string of the molecule is Cc1ccc(CN)cc1OCC(=O)N(C)C. The summed E-state index contributed by atoms with van der Waals surface area (Å²) in [6, 6.07) is 5.77. The number of nitrogens with two attached hydrogens (primary N) is 1. The summed E-state index contributed by atoms with van der Waals surface area (Å²) >= 11 is 0. The second-order valence-corrected chi connectivity index (χ2v) is 3.88. The van der Waals surface area contributed by atoms with Gasteiger partial charge in [0.15, 0.2) is 6.61 Å². The molecule has 0 aliphatic rings. The minimum absolute atomic E-state index is 0.0574. The topological polar surface area (TPSA) is 55.6 Å². The van der Waals surface area contributed by atoms with E-state index in [2.05, 4.69) is 0 Å². The highest BCUT2D eigenvalue weighted by molar-refractivity contribution is 5.77. The van der Waals surface area contributed by atoms with Crippen molar-refractivity contribution >= 4 is 5.91 Å². The zero-order valence-electron chi connectivity index (χ0n) is 9.99. The van der Waals surface area contributed by atoms with Crippen molar-refractivity contribution in [3.8, 4) is 5.75 Å². The molecule has 1 rings (SSSR count). The summed E-state index contributed by atoms with van der Waals surface area (Å²) in [7, 11) is 3.41. The number of carbonyl (C=O) groups excluding carboxylic acids is 1. The van der Waals surface area contributed by atoms with Crippen LogP contribution in [0.3, 0.4) is 0 Å². The van der Waals surface area contributed by atoms with Gasteiger partial charge in [0.2, 0.25) is 0 Å².